The number of hydrogen-bond donors (Lipinski definition) is 0. The summed E-state index contributed by atoms with van der Waals surface area (Å²) in [5.41, 5.74) is 4.76. The van der Waals surface area contributed by atoms with Gasteiger partial charge in [-0.15, -0.1) is 0 Å². The summed E-state index contributed by atoms with van der Waals surface area (Å²) in [5.74, 6) is 0.472. The fourth-order valence-corrected chi connectivity index (χ4v) is 4.55. The number of benzene rings is 2. The molecule has 0 saturated heterocycles. The van der Waals surface area contributed by atoms with Crippen LogP contribution in [0.5, 0.6) is 5.75 Å². The number of aryl methyl sites for hydroxylation is 1. The van der Waals surface area contributed by atoms with Crippen LogP contribution in [0.2, 0.25) is 0 Å². The van der Waals surface area contributed by atoms with E-state index in [0.29, 0.717) is 37.2 Å². The number of aromatic nitrogens is 2. The molecule has 5 nitrogen and oxygen atoms in total. The highest BCUT2D eigenvalue weighted by molar-refractivity contribution is 6.01. The minimum Gasteiger partial charge on any atom is -0.487 e. The number of halogens is 1. The van der Waals surface area contributed by atoms with Gasteiger partial charge in [0.05, 0.1) is 11.8 Å². The minimum absolute atomic E-state index is 0.0480. The standard InChI is InChI=1S/C25H26FN3O2/c1-28-15-20(13-27-28)18-11-9-17(10-12-18)14-29-16-19-5-4-8-23(24(19)25(29)30)31-22-7-3-2-6-21(22)26/h4-5,8-13,15,21-22H,2-3,6-7,14,16H2,1H3/t21-,22+/m1/s1. The first-order valence-corrected chi connectivity index (χ1v) is 10.9. The molecule has 5 rings (SSSR count). The molecule has 0 spiro atoms. The highest BCUT2D eigenvalue weighted by Crippen LogP contribution is 2.35. The number of amides is 1. The molecule has 3 aromatic rings. The average molecular weight is 420 g/mol. The van der Waals surface area contributed by atoms with Gasteiger partial charge in [0.15, 0.2) is 0 Å². The first-order chi connectivity index (χ1) is 15.1. The Labute approximate surface area is 181 Å². The Balaban J connectivity index is 1.31. The molecule has 1 fully saturated rings. The van der Waals surface area contributed by atoms with Gasteiger partial charge in [-0.1, -0.05) is 42.8 Å². The van der Waals surface area contributed by atoms with E-state index >= 15 is 0 Å². The van der Waals surface area contributed by atoms with Crippen LogP contribution in [0.25, 0.3) is 11.1 Å². The van der Waals surface area contributed by atoms with Gasteiger partial charge in [0.1, 0.15) is 18.0 Å². The lowest BCUT2D eigenvalue weighted by Gasteiger charge is -2.27. The molecule has 1 amide bonds. The maximum atomic E-state index is 14.3. The van der Waals surface area contributed by atoms with Crippen molar-refractivity contribution in [3.05, 3.63) is 71.5 Å². The molecule has 1 aromatic heterocycles. The smallest absolute Gasteiger partial charge is 0.258 e. The van der Waals surface area contributed by atoms with Crippen molar-refractivity contribution in [1.82, 2.24) is 14.7 Å². The van der Waals surface area contributed by atoms with Crippen LogP contribution < -0.4 is 4.74 Å². The summed E-state index contributed by atoms with van der Waals surface area (Å²) in [6, 6.07) is 13.9. The topological polar surface area (TPSA) is 47.4 Å². The lowest BCUT2D eigenvalue weighted by molar-refractivity contribution is 0.0608. The van der Waals surface area contributed by atoms with Gasteiger partial charge in [0.25, 0.3) is 5.91 Å². The lowest BCUT2D eigenvalue weighted by Crippen LogP contribution is -2.32. The Hall–Kier alpha value is -3.15. The summed E-state index contributed by atoms with van der Waals surface area (Å²) in [6.45, 7) is 1.06. The van der Waals surface area contributed by atoms with E-state index in [9.17, 15) is 9.18 Å². The molecule has 2 aromatic carbocycles. The van der Waals surface area contributed by atoms with Crippen LogP contribution in [0.4, 0.5) is 4.39 Å². The number of nitrogens with zero attached hydrogens (tertiary/aromatic N) is 3. The summed E-state index contributed by atoms with van der Waals surface area (Å²) in [5, 5.41) is 4.21. The van der Waals surface area contributed by atoms with Crippen molar-refractivity contribution in [2.75, 3.05) is 0 Å². The second-order valence-electron chi connectivity index (χ2n) is 8.51. The predicted octanol–water partition coefficient (Wildman–Crippen LogP) is 4.90. The molecule has 0 unspecified atom stereocenters. The number of carbonyl (C=O) groups excluding carboxylic acids is 1. The fourth-order valence-electron chi connectivity index (χ4n) is 4.55. The summed E-state index contributed by atoms with van der Waals surface area (Å²) in [4.78, 5) is 15.0. The lowest BCUT2D eigenvalue weighted by atomic mass is 9.95. The second kappa shape index (κ2) is 8.17. The SMILES string of the molecule is Cn1cc(-c2ccc(CN3Cc4cccc(O[C@H]5CCCC[C@H]5F)c4C3=O)cc2)cn1. The summed E-state index contributed by atoms with van der Waals surface area (Å²) >= 11 is 0. The maximum absolute atomic E-state index is 14.3. The summed E-state index contributed by atoms with van der Waals surface area (Å²) in [6.07, 6.45) is 5.50. The van der Waals surface area contributed by atoms with Gasteiger partial charge in [-0.2, -0.15) is 5.10 Å². The fraction of sp³-hybridized carbons (Fsp3) is 0.360. The zero-order valence-electron chi connectivity index (χ0n) is 17.6. The molecule has 1 aliphatic carbocycles. The van der Waals surface area contributed by atoms with E-state index in [1.54, 1.807) is 10.7 Å². The Morgan fingerprint density at radius 3 is 2.65 bits per heavy atom. The van der Waals surface area contributed by atoms with Crippen molar-refractivity contribution >= 4 is 5.91 Å². The van der Waals surface area contributed by atoms with E-state index in [-0.39, 0.29) is 5.91 Å². The van der Waals surface area contributed by atoms with Crippen LogP contribution in [-0.2, 0) is 20.1 Å². The molecule has 31 heavy (non-hydrogen) atoms. The van der Waals surface area contributed by atoms with Crippen LogP contribution >= 0.6 is 0 Å². The molecule has 6 heteroatoms. The van der Waals surface area contributed by atoms with Crippen LogP contribution in [0.1, 0.15) is 47.2 Å². The number of carbonyl (C=O) groups is 1. The number of hydrogen-bond acceptors (Lipinski definition) is 3. The van der Waals surface area contributed by atoms with E-state index in [0.717, 1.165) is 35.1 Å². The second-order valence-corrected chi connectivity index (χ2v) is 8.51. The molecule has 2 aliphatic rings. The van der Waals surface area contributed by atoms with Gasteiger partial charge in [0.2, 0.25) is 0 Å². The summed E-state index contributed by atoms with van der Waals surface area (Å²) in [7, 11) is 1.90. The third-order valence-corrected chi connectivity index (χ3v) is 6.24. The Morgan fingerprint density at radius 2 is 1.90 bits per heavy atom. The molecule has 1 saturated carbocycles. The van der Waals surface area contributed by atoms with E-state index in [1.807, 2.05) is 48.6 Å². The number of rotatable bonds is 5. The first-order valence-electron chi connectivity index (χ1n) is 10.9. The third-order valence-electron chi connectivity index (χ3n) is 6.24. The quantitative estimate of drug-likeness (QED) is 0.591. The molecule has 0 N–H and O–H groups in total. The van der Waals surface area contributed by atoms with Crippen molar-refractivity contribution in [1.29, 1.82) is 0 Å². The van der Waals surface area contributed by atoms with Crippen molar-refractivity contribution in [3.8, 4) is 16.9 Å². The van der Waals surface area contributed by atoms with Crippen molar-refractivity contribution < 1.29 is 13.9 Å². The molecule has 0 radical (unpaired) electrons. The van der Waals surface area contributed by atoms with Crippen LogP contribution in [0.3, 0.4) is 0 Å². The highest BCUT2D eigenvalue weighted by Gasteiger charge is 2.33. The Bertz CT molecular complexity index is 1090. The van der Waals surface area contributed by atoms with Crippen molar-refractivity contribution in [2.24, 2.45) is 7.05 Å². The number of alkyl halides is 1. The maximum Gasteiger partial charge on any atom is 0.258 e. The number of ether oxygens (including phenoxy) is 1. The van der Waals surface area contributed by atoms with Crippen molar-refractivity contribution in [2.45, 2.75) is 51.0 Å². The molecule has 160 valence electrons. The van der Waals surface area contributed by atoms with Gasteiger partial charge in [-0.05, 0) is 42.0 Å². The average Bonchev–Trinajstić information content (AvgIpc) is 3.34. The zero-order valence-corrected chi connectivity index (χ0v) is 17.6. The van der Waals surface area contributed by atoms with E-state index < -0.39 is 12.3 Å². The van der Waals surface area contributed by atoms with Gasteiger partial charge in [0, 0.05) is 31.9 Å². The minimum atomic E-state index is -0.962. The number of fused-ring (bicyclic) bond motifs is 1. The van der Waals surface area contributed by atoms with Crippen LogP contribution in [-0.4, -0.2) is 32.9 Å². The largest absolute Gasteiger partial charge is 0.487 e. The van der Waals surface area contributed by atoms with E-state index in [2.05, 4.69) is 17.2 Å². The van der Waals surface area contributed by atoms with Gasteiger partial charge < -0.3 is 9.64 Å². The Kier molecular flexibility index (Phi) is 5.22. The third kappa shape index (κ3) is 3.94. The summed E-state index contributed by atoms with van der Waals surface area (Å²) < 4.78 is 22.1. The van der Waals surface area contributed by atoms with Gasteiger partial charge >= 0.3 is 0 Å². The van der Waals surface area contributed by atoms with Crippen LogP contribution in [0, 0.1) is 0 Å². The highest BCUT2D eigenvalue weighted by atomic mass is 19.1. The molecule has 1 aliphatic heterocycles. The van der Waals surface area contributed by atoms with Crippen LogP contribution in [0.15, 0.2) is 54.9 Å². The first kappa shape index (κ1) is 19.8. The van der Waals surface area contributed by atoms with Gasteiger partial charge in [-0.3, -0.25) is 9.48 Å². The molecular formula is C25H26FN3O2. The van der Waals surface area contributed by atoms with Gasteiger partial charge in [-0.25, -0.2) is 4.39 Å². The normalized spacial score (nSPS) is 20.7. The monoisotopic (exact) mass is 419 g/mol. The van der Waals surface area contributed by atoms with E-state index in [1.165, 1.54) is 0 Å². The predicted molar refractivity (Wildman–Crippen MR) is 116 cm³/mol. The van der Waals surface area contributed by atoms with E-state index in [4.69, 9.17) is 4.74 Å². The molecule has 0 bridgehead atoms. The molecular weight excluding hydrogens is 393 g/mol. The Morgan fingerprint density at radius 1 is 1.10 bits per heavy atom. The van der Waals surface area contributed by atoms with Crippen molar-refractivity contribution in [3.63, 3.8) is 0 Å². The molecule has 2 heterocycles. The zero-order chi connectivity index (χ0) is 21.4. The molecule has 2 atom stereocenters.